The number of pyridine rings is 1. The molecule has 0 aliphatic heterocycles. The molecule has 0 N–H and O–H groups in total. The maximum absolute atomic E-state index is 5.16. The van der Waals surface area contributed by atoms with E-state index in [4.69, 9.17) is 15.0 Å². The van der Waals surface area contributed by atoms with Crippen LogP contribution in [0.3, 0.4) is 0 Å². The van der Waals surface area contributed by atoms with Crippen LogP contribution in [-0.4, -0.2) is 15.0 Å². The first kappa shape index (κ1) is 33.1. The largest absolute Gasteiger partial charge is 0.247 e. The maximum atomic E-state index is 5.16. The van der Waals surface area contributed by atoms with E-state index in [0.29, 0.717) is 5.82 Å². The van der Waals surface area contributed by atoms with Gasteiger partial charge in [0.1, 0.15) is 0 Å². The number of fused-ring (bicyclic) bond motifs is 3. The van der Waals surface area contributed by atoms with Crippen molar-refractivity contribution < 1.29 is 0 Å². The Kier molecular flexibility index (Phi) is 8.51. The minimum absolute atomic E-state index is 0.700. The molecule has 0 bridgehead atoms. The van der Waals surface area contributed by atoms with Crippen LogP contribution >= 0.6 is 0 Å². The number of para-hydroxylation sites is 1. The lowest BCUT2D eigenvalue weighted by atomic mass is 9.91. The fourth-order valence-electron chi connectivity index (χ4n) is 7.68. The van der Waals surface area contributed by atoms with Gasteiger partial charge in [-0.1, -0.05) is 194 Å². The number of benzene rings is 8. The van der Waals surface area contributed by atoms with Crippen molar-refractivity contribution in [3.05, 3.63) is 212 Å². The quantitative estimate of drug-likeness (QED) is 0.154. The summed E-state index contributed by atoms with van der Waals surface area (Å²) in [5.41, 5.74) is 14.9. The molecule has 2 aromatic heterocycles. The topological polar surface area (TPSA) is 38.7 Å². The van der Waals surface area contributed by atoms with E-state index in [1.807, 2.05) is 24.3 Å². The molecule has 262 valence electrons. The maximum Gasteiger partial charge on any atom is 0.160 e. The van der Waals surface area contributed by atoms with Crippen LogP contribution in [0, 0.1) is 0 Å². The zero-order chi connectivity index (χ0) is 37.3. The summed E-state index contributed by atoms with van der Waals surface area (Å²) >= 11 is 0. The molecule has 10 rings (SSSR count). The van der Waals surface area contributed by atoms with Crippen LogP contribution < -0.4 is 0 Å². The number of nitrogens with zero attached hydrogens (tertiary/aromatic N) is 3. The standard InChI is InChI=1S/C53H35N3/c1-4-14-36(15-5-1)37-28-32-42(33-29-37)53-55-49(39-16-6-2-7-17-39)35-50(56-53)40-30-26-38(27-31-40)43-20-12-21-44(34-43)45-23-13-24-47-51(45)46-22-10-11-25-48(46)54-52(47)41-18-8-3-9-19-41/h1-35H. The van der Waals surface area contributed by atoms with Crippen LogP contribution in [0.2, 0.25) is 0 Å². The molecule has 10 aromatic rings. The van der Waals surface area contributed by atoms with Gasteiger partial charge in [-0.3, -0.25) is 0 Å². The minimum Gasteiger partial charge on any atom is -0.247 e. The Bertz CT molecular complexity index is 2980. The van der Waals surface area contributed by atoms with Crippen molar-refractivity contribution in [2.75, 3.05) is 0 Å². The molecule has 0 unspecified atom stereocenters. The highest BCUT2D eigenvalue weighted by Crippen LogP contribution is 2.40. The van der Waals surface area contributed by atoms with Crippen molar-refractivity contribution in [1.29, 1.82) is 0 Å². The number of hydrogen-bond acceptors (Lipinski definition) is 3. The number of aromatic nitrogens is 3. The fourth-order valence-corrected chi connectivity index (χ4v) is 7.68. The second kappa shape index (κ2) is 14.4. The van der Waals surface area contributed by atoms with E-state index in [1.165, 1.54) is 22.1 Å². The molecule has 0 saturated carbocycles. The lowest BCUT2D eigenvalue weighted by Crippen LogP contribution is -1.96. The zero-order valence-electron chi connectivity index (χ0n) is 30.5. The van der Waals surface area contributed by atoms with Gasteiger partial charge in [0.2, 0.25) is 0 Å². The fraction of sp³-hybridized carbons (Fsp3) is 0. The summed E-state index contributed by atoms with van der Waals surface area (Å²) in [7, 11) is 0. The Morgan fingerprint density at radius 2 is 0.732 bits per heavy atom. The normalized spacial score (nSPS) is 11.2. The third-order valence-electron chi connectivity index (χ3n) is 10.5. The van der Waals surface area contributed by atoms with Crippen LogP contribution in [0.25, 0.3) is 100 Å². The van der Waals surface area contributed by atoms with Gasteiger partial charge in [-0.15, -0.1) is 0 Å². The van der Waals surface area contributed by atoms with Gasteiger partial charge in [0, 0.05) is 38.4 Å². The molecular formula is C53H35N3. The first-order valence-corrected chi connectivity index (χ1v) is 18.9. The summed E-state index contributed by atoms with van der Waals surface area (Å²) in [6.07, 6.45) is 0. The first-order chi connectivity index (χ1) is 27.7. The Hall–Kier alpha value is -7.49. The van der Waals surface area contributed by atoms with E-state index in [-0.39, 0.29) is 0 Å². The molecule has 0 aliphatic rings. The Balaban J connectivity index is 1.03. The van der Waals surface area contributed by atoms with Gasteiger partial charge in [-0.05, 0) is 51.6 Å². The smallest absolute Gasteiger partial charge is 0.160 e. The van der Waals surface area contributed by atoms with E-state index in [1.54, 1.807) is 0 Å². The first-order valence-electron chi connectivity index (χ1n) is 18.9. The van der Waals surface area contributed by atoms with Gasteiger partial charge in [0.25, 0.3) is 0 Å². The highest BCUT2D eigenvalue weighted by atomic mass is 14.9. The van der Waals surface area contributed by atoms with Gasteiger partial charge >= 0.3 is 0 Å². The Labute approximate surface area is 326 Å². The number of rotatable bonds is 7. The molecule has 3 heteroatoms. The molecule has 0 amide bonds. The predicted molar refractivity (Wildman–Crippen MR) is 233 cm³/mol. The third kappa shape index (κ3) is 6.31. The summed E-state index contributed by atoms with van der Waals surface area (Å²) < 4.78 is 0. The van der Waals surface area contributed by atoms with Gasteiger partial charge in [-0.25, -0.2) is 15.0 Å². The summed E-state index contributed by atoms with van der Waals surface area (Å²) in [4.78, 5) is 15.3. The van der Waals surface area contributed by atoms with Crippen LogP contribution in [0.1, 0.15) is 0 Å². The summed E-state index contributed by atoms with van der Waals surface area (Å²) in [6, 6.07) is 74.5. The summed E-state index contributed by atoms with van der Waals surface area (Å²) in [5.74, 6) is 0.700. The average molecular weight is 714 g/mol. The molecule has 0 radical (unpaired) electrons. The van der Waals surface area contributed by atoms with Crippen molar-refractivity contribution in [2.24, 2.45) is 0 Å². The predicted octanol–water partition coefficient (Wildman–Crippen LogP) is 13.8. The van der Waals surface area contributed by atoms with Gasteiger partial charge in [0.05, 0.1) is 22.6 Å². The monoisotopic (exact) mass is 713 g/mol. The van der Waals surface area contributed by atoms with E-state index in [2.05, 4.69) is 188 Å². The average Bonchev–Trinajstić information content (AvgIpc) is 3.29. The summed E-state index contributed by atoms with van der Waals surface area (Å²) in [6.45, 7) is 0. The van der Waals surface area contributed by atoms with Crippen LogP contribution in [-0.2, 0) is 0 Å². The zero-order valence-corrected chi connectivity index (χ0v) is 30.5. The molecular weight excluding hydrogens is 679 g/mol. The van der Waals surface area contributed by atoms with Gasteiger partial charge in [-0.2, -0.15) is 0 Å². The SMILES string of the molecule is c1ccc(-c2ccc(-c3nc(-c4ccccc4)cc(-c4ccc(-c5cccc(-c6cccc7c(-c8ccccc8)nc8ccccc8c67)c5)cc4)n3)cc2)cc1. The molecule has 8 aromatic carbocycles. The molecule has 0 aliphatic carbocycles. The van der Waals surface area contributed by atoms with Crippen molar-refractivity contribution in [1.82, 2.24) is 15.0 Å². The molecule has 0 atom stereocenters. The second-order valence-electron chi connectivity index (χ2n) is 14.0. The van der Waals surface area contributed by atoms with Gasteiger partial charge in [0.15, 0.2) is 5.82 Å². The van der Waals surface area contributed by atoms with Crippen LogP contribution in [0.4, 0.5) is 0 Å². The molecule has 0 fully saturated rings. The van der Waals surface area contributed by atoms with E-state index in [0.717, 1.165) is 72.3 Å². The highest BCUT2D eigenvalue weighted by molar-refractivity contribution is 6.17. The Morgan fingerprint density at radius 1 is 0.268 bits per heavy atom. The molecule has 0 spiro atoms. The lowest BCUT2D eigenvalue weighted by molar-refractivity contribution is 1.18. The van der Waals surface area contributed by atoms with E-state index < -0.39 is 0 Å². The van der Waals surface area contributed by atoms with E-state index >= 15 is 0 Å². The van der Waals surface area contributed by atoms with Crippen molar-refractivity contribution in [2.45, 2.75) is 0 Å². The van der Waals surface area contributed by atoms with Crippen LogP contribution in [0.5, 0.6) is 0 Å². The second-order valence-corrected chi connectivity index (χ2v) is 14.0. The van der Waals surface area contributed by atoms with Crippen molar-refractivity contribution in [3.8, 4) is 78.5 Å². The summed E-state index contributed by atoms with van der Waals surface area (Å²) in [5, 5.41) is 3.51. The highest BCUT2D eigenvalue weighted by Gasteiger charge is 2.16. The molecule has 2 heterocycles. The number of hydrogen-bond donors (Lipinski definition) is 0. The van der Waals surface area contributed by atoms with E-state index in [9.17, 15) is 0 Å². The van der Waals surface area contributed by atoms with Gasteiger partial charge < -0.3 is 0 Å². The molecule has 3 nitrogen and oxygen atoms in total. The molecule has 0 saturated heterocycles. The molecule has 56 heavy (non-hydrogen) atoms. The lowest BCUT2D eigenvalue weighted by Gasteiger charge is -2.15. The van der Waals surface area contributed by atoms with Crippen molar-refractivity contribution >= 4 is 21.7 Å². The Morgan fingerprint density at radius 3 is 1.43 bits per heavy atom. The minimum atomic E-state index is 0.700. The van der Waals surface area contributed by atoms with Crippen LogP contribution in [0.15, 0.2) is 212 Å². The third-order valence-corrected chi connectivity index (χ3v) is 10.5. The van der Waals surface area contributed by atoms with Crippen molar-refractivity contribution in [3.63, 3.8) is 0 Å².